The number of aryl methyl sites for hydroxylation is 1. The number of benzene rings is 2. The van der Waals surface area contributed by atoms with Gasteiger partial charge in [0, 0.05) is 79.3 Å². The first-order valence-corrected chi connectivity index (χ1v) is 16.8. The third-order valence-corrected chi connectivity index (χ3v) is 9.27. The predicted octanol–water partition coefficient (Wildman–Crippen LogP) is 4.88. The minimum atomic E-state index is -0.479. The Balaban J connectivity index is 1.19. The van der Waals surface area contributed by atoms with Crippen LogP contribution in [0.5, 0.6) is 5.75 Å². The summed E-state index contributed by atoms with van der Waals surface area (Å²) in [5, 5.41) is 11.6. The van der Waals surface area contributed by atoms with Crippen molar-refractivity contribution in [3.63, 3.8) is 0 Å². The second kappa shape index (κ2) is 14.7. The average Bonchev–Trinajstić information content (AvgIpc) is 3.52. The molecule has 0 bridgehead atoms. The summed E-state index contributed by atoms with van der Waals surface area (Å²) in [6, 6.07) is 13.3. The Bertz CT molecular complexity index is 1830. The lowest BCUT2D eigenvalue weighted by atomic mass is 9.95. The van der Waals surface area contributed by atoms with Gasteiger partial charge in [0.15, 0.2) is 5.88 Å². The number of methoxy groups -OCH3 is 1. The fourth-order valence-corrected chi connectivity index (χ4v) is 6.77. The summed E-state index contributed by atoms with van der Waals surface area (Å²) in [6.07, 6.45) is 2.87. The molecular weight excluding hydrogens is 625 g/mol. The number of pyridine rings is 1. The van der Waals surface area contributed by atoms with Crippen molar-refractivity contribution in [3.05, 3.63) is 89.8 Å². The van der Waals surface area contributed by atoms with E-state index in [1.807, 2.05) is 54.8 Å². The van der Waals surface area contributed by atoms with Gasteiger partial charge < -0.3 is 24.6 Å². The summed E-state index contributed by atoms with van der Waals surface area (Å²) in [5.74, 6) is 0.408. The molecule has 12 heteroatoms. The van der Waals surface area contributed by atoms with Gasteiger partial charge >= 0.3 is 0 Å². The molecule has 4 aromatic rings. The van der Waals surface area contributed by atoms with Crippen LogP contribution in [0.25, 0.3) is 22.2 Å². The van der Waals surface area contributed by atoms with E-state index in [2.05, 4.69) is 32.0 Å². The van der Waals surface area contributed by atoms with Crippen LogP contribution < -0.4 is 10.1 Å². The molecule has 2 fully saturated rings. The number of piperidine rings is 1. The van der Waals surface area contributed by atoms with E-state index in [4.69, 9.17) is 9.47 Å². The first-order chi connectivity index (χ1) is 23.6. The first-order valence-electron chi connectivity index (χ1n) is 16.8. The van der Waals surface area contributed by atoms with Crippen molar-refractivity contribution in [3.8, 4) is 17.0 Å². The molecule has 11 nitrogen and oxygen atoms in total. The number of halogens is 1. The Hall–Kier alpha value is -4.97. The number of nitrogens with zero attached hydrogens (tertiary/aromatic N) is 5. The predicted molar refractivity (Wildman–Crippen MR) is 185 cm³/mol. The van der Waals surface area contributed by atoms with Crippen LogP contribution in [0.15, 0.2) is 67.2 Å². The van der Waals surface area contributed by atoms with Gasteiger partial charge in [0.1, 0.15) is 17.3 Å². The Labute approximate surface area is 286 Å². The number of hydrogen-bond acceptors (Lipinski definition) is 8. The molecule has 0 unspecified atom stereocenters. The number of H-pyrrole nitrogens is 1. The Morgan fingerprint density at radius 2 is 1.86 bits per heavy atom. The second-order valence-electron chi connectivity index (χ2n) is 13.0. The third kappa shape index (κ3) is 7.54. The molecule has 0 spiro atoms. The Kier molecular flexibility index (Phi) is 10.1. The van der Waals surface area contributed by atoms with E-state index >= 15 is 4.39 Å². The molecule has 0 aliphatic carbocycles. The van der Waals surface area contributed by atoms with E-state index in [1.165, 1.54) is 13.2 Å². The maximum atomic E-state index is 15.2. The van der Waals surface area contributed by atoms with Crippen LogP contribution in [-0.2, 0) is 16.1 Å². The monoisotopic (exact) mass is 669 g/mol. The number of likely N-dealkylation sites (tertiary alicyclic amines) is 1. The van der Waals surface area contributed by atoms with Gasteiger partial charge in [0.25, 0.3) is 5.91 Å². The zero-order valence-electron chi connectivity index (χ0n) is 28.5. The van der Waals surface area contributed by atoms with E-state index in [1.54, 1.807) is 24.4 Å². The van der Waals surface area contributed by atoms with Gasteiger partial charge in [-0.25, -0.2) is 4.39 Å². The maximum Gasteiger partial charge on any atom is 0.251 e. The number of ether oxygens (including phenoxy) is 2. The number of fused-ring (bicyclic) bond motifs is 1. The van der Waals surface area contributed by atoms with Crippen LogP contribution in [0.4, 0.5) is 4.39 Å². The zero-order valence-corrected chi connectivity index (χ0v) is 28.5. The fraction of sp³-hybridized carbons (Fsp3) is 0.405. The topological polar surface area (TPSA) is 116 Å². The normalized spacial score (nSPS) is 18.5. The van der Waals surface area contributed by atoms with Crippen molar-refractivity contribution in [2.24, 2.45) is 0 Å². The smallest absolute Gasteiger partial charge is 0.251 e. The number of carbonyl (C=O) groups excluding carboxylic acids is 2. The highest BCUT2D eigenvalue weighted by Crippen LogP contribution is 2.30. The van der Waals surface area contributed by atoms with Crippen molar-refractivity contribution in [1.29, 1.82) is 0 Å². The molecule has 2 aromatic carbocycles. The molecule has 2 atom stereocenters. The summed E-state index contributed by atoms with van der Waals surface area (Å²) in [7, 11) is 1.51. The number of amides is 2. The molecule has 258 valence electrons. The molecule has 4 heterocycles. The van der Waals surface area contributed by atoms with Crippen LogP contribution in [0.1, 0.15) is 48.3 Å². The van der Waals surface area contributed by atoms with Crippen LogP contribution in [0, 0.1) is 12.7 Å². The Morgan fingerprint density at radius 1 is 1.08 bits per heavy atom. The lowest BCUT2D eigenvalue weighted by molar-refractivity contribution is -0.141. The zero-order chi connectivity index (χ0) is 34.7. The molecule has 49 heavy (non-hydrogen) atoms. The van der Waals surface area contributed by atoms with Gasteiger partial charge in [-0.1, -0.05) is 6.07 Å². The highest BCUT2D eigenvalue weighted by Gasteiger charge is 2.38. The number of nitrogens with one attached hydrogen (secondary N) is 2. The van der Waals surface area contributed by atoms with Gasteiger partial charge in [-0.05, 0) is 82.7 Å². The molecule has 2 saturated heterocycles. The molecule has 0 saturated carbocycles. The van der Waals surface area contributed by atoms with Crippen LogP contribution in [0.2, 0.25) is 0 Å². The van der Waals surface area contributed by atoms with E-state index in [0.29, 0.717) is 68.3 Å². The standard InChI is InChI=1S/C37H44FN7O4/c1-23(2)49-25(4)43-15-17-44(18-16-43)37(47)33-12-10-28(21-45(33)22-30-31(38)7-6-8-34(30)48-5)40-36(46)27-9-11-32-29(20-27)35(42-41-32)26-13-14-39-24(3)19-26/h6-9,11,13-14,19-20,23,28,33H,4,10,12,15-18,21-22H2,1-3,5H3,(H,40,46)(H,41,42)/t28-,33+/m1/s1. The molecule has 0 radical (unpaired) electrons. The van der Waals surface area contributed by atoms with Gasteiger partial charge in [-0.3, -0.25) is 24.6 Å². The third-order valence-electron chi connectivity index (χ3n) is 9.27. The van der Waals surface area contributed by atoms with Crippen molar-refractivity contribution in [1.82, 2.24) is 35.2 Å². The number of aromatic nitrogens is 3. The van der Waals surface area contributed by atoms with Crippen molar-refractivity contribution in [2.45, 2.75) is 58.3 Å². The number of hydrogen-bond donors (Lipinski definition) is 2. The van der Waals surface area contributed by atoms with E-state index in [0.717, 1.165) is 27.9 Å². The molecule has 6 rings (SSSR count). The Morgan fingerprint density at radius 3 is 2.59 bits per heavy atom. The summed E-state index contributed by atoms with van der Waals surface area (Å²) in [4.78, 5) is 37.9. The lowest BCUT2D eigenvalue weighted by Crippen LogP contribution is -2.59. The van der Waals surface area contributed by atoms with Gasteiger partial charge in [-0.15, -0.1) is 0 Å². The number of aromatic amines is 1. The van der Waals surface area contributed by atoms with Crippen LogP contribution >= 0.6 is 0 Å². The SMILES string of the molecule is C=C(OC(C)C)N1CCN(C(=O)[C@@H]2CC[C@@H](NC(=O)c3ccc4[nH]nc(-c5ccnc(C)c5)c4c3)CN2Cc2c(F)cccc2OC)CC1. The quantitative estimate of drug-likeness (QED) is 0.230. The van der Waals surface area contributed by atoms with Crippen LogP contribution in [-0.4, -0.2) is 99.7 Å². The number of piperazine rings is 1. The summed E-state index contributed by atoms with van der Waals surface area (Å²) in [6.45, 7) is 12.7. The van der Waals surface area contributed by atoms with E-state index < -0.39 is 11.9 Å². The molecular formula is C37H44FN7O4. The van der Waals surface area contributed by atoms with Crippen LogP contribution in [0.3, 0.4) is 0 Å². The van der Waals surface area contributed by atoms with E-state index in [-0.39, 0.29) is 30.5 Å². The highest BCUT2D eigenvalue weighted by molar-refractivity contribution is 6.01. The largest absolute Gasteiger partial charge is 0.496 e. The summed E-state index contributed by atoms with van der Waals surface area (Å²) < 4.78 is 26.5. The molecule has 2 amide bonds. The first kappa shape index (κ1) is 33.9. The second-order valence-corrected chi connectivity index (χ2v) is 13.0. The van der Waals surface area contributed by atoms with Crippen molar-refractivity contribution < 1.29 is 23.5 Å². The van der Waals surface area contributed by atoms with Gasteiger partial charge in [0.2, 0.25) is 5.91 Å². The number of carbonyl (C=O) groups is 2. The molecule has 2 aliphatic rings. The van der Waals surface area contributed by atoms with Crippen molar-refractivity contribution >= 4 is 22.7 Å². The maximum absolute atomic E-state index is 15.2. The minimum absolute atomic E-state index is 0.000546. The molecule has 2 N–H and O–H groups in total. The summed E-state index contributed by atoms with van der Waals surface area (Å²) >= 11 is 0. The van der Waals surface area contributed by atoms with Gasteiger partial charge in [0.05, 0.1) is 24.8 Å². The average molecular weight is 670 g/mol. The lowest BCUT2D eigenvalue weighted by Gasteiger charge is -2.43. The van der Waals surface area contributed by atoms with Crippen molar-refractivity contribution in [2.75, 3.05) is 39.8 Å². The molecule has 2 aliphatic heterocycles. The minimum Gasteiger partial charge on any atom is -0.496 e. The van der Waals surface area contributed by atoms with E-state index in [9.17, 15) is 9.59 Å². The number of rotatable bonds is 10. The highest BCUT2D eigenvalue weighted by atomic mass is 19.1. The van der Waals surface area contributed by atoms with Gasteiger partial charge in [-0.2, -0.15) is 5.10 Å². The fourth-order valence-electron chi connectivity index (χ4n) is 6.77. The molecule has 2 aromatic heterocycles. The summed E-state index contributed by atoms with van der Waals surface area (Å²) in [5.41, 5.74) is 4.24.